The molecule has 0 radical (unpaired) electrons. The highest BCUT2D eigenvalue weighted by atomic mass is 32.1. The lowest BCUT2D eigenvalue weighted by Gasteiger charge is -2.36. The number of aromatic nitrogens is 4. The van der Waals surface area contributed by atoms with Crippen molar-refractivity contribution in [1.82, 2.24) is 29.1 Å². The van der Waals surface area contributed by atoms with Gasteiger partial charge >= 0.3 is 0 Å². The quantitative estimate of drug-likeness (QED) is 0.454. The molecule has 0 amide bonds. The average molecular weight is 455 g/mol. The number of nitrogens with one attached hydrogen (secondary N) is 2. The zero-order valence-corrected chi connectivity index (χ0v) is 19.8. The third-order valence-corrected chi connectivity index (χ3v) is 6.29. The van der Waals surface area contributed by atoms with E-state index in [9.17, 15) is 5.11 Å². The molecule has 3 aromatic rings. The highest BCUT2D eigenvalue weighted by Crippen LogP contribution is 2.28. The predicted octanol–water partition coefficient (Wildman–Crippen LogP) is 3.54. The number of aliphatic hydroxyl groups is 1. The standard InChI is InChI=1S/C22H30N8OS/c1-5-8-29(22(3,4)14-31)13-17-9-19(32-28-17)27-20-21-23-11-18(16-6-7-24-25-10-16)30(21)12-15(2)26-20/h7,9-12,25,31H,5-6,8,13-14H2,1-4H3,(H,26,27). The van der Waals surface area contributed by atoms with Crippen molar-refractivity contribution >= 4 is 39.8 Å². The van der Waals surface area contributed by atoms with Gasteiger partial charge in [-0.05, 0) is 51.3 Å². The van der Waals surface area contributed by atoms with E-state index in [1.54, 1.807) is 0 Å². The van der Waals surface area contributed by atoms with Crippen molar-refractivity contribution in [2.45, 2.75) is 52.6 Å². The minimum absolute atomic E-state index is 0.105. The van der Waals surface area contributed by atoms with Crippen molar-refractivity contribution in [3.8, 4) is 0 Å². The van der Waals surface area contributed by atoms with Crippen LogP contribution in [0, 0.1) is 6.92 Å². The lowest BCUT2D eigenvalue weighted by atomic mass is 10.0. The van der Waals surface area contributed by atoms with Crippen molar-refractivity contribution in [1.29, 1.82) is 0 Å². The molecule has 0 spiro atoms. The lowest BCUT2D eigenvalue weighted by molar-refractivity contribution is 0.0499. The molecule has 0 aliphatic carbocycles. The summed E-state index contributed by atoms with van der Waals surface area (Å²) in [6, 6.07) is 2.05. The number of aliphatic hydroxyl groups excluding tert-OH is 1. The maximum Gasteiger partial charge on any atom is 0.180 e. The van der Waals surface area contributed by atoms with Gasteiger partial charge in [0.05, 0.1) is 29.9 Å². The Morgan fingerprint density at radius 1 is 1.38 bits per heavy atom. The fraction of sp³-hybridized carbons (Fsp3) is 0.455. The molecule has 0 aromatic carbocycles. The molecule has 0 atom stereocenters. The van der Waals surface area contributed by atoms with Crippen LogP contribution in [0.4, 0.5) is 10.8 Å². The summed E-state index contributed by atoms with van der Waals surface area (Å²) in [5.41, 5.74) is 7.36. The molecule has 32 heavy (non-hydrogen) atoms. The maximum atomic E-state index is 9.79. The second-order valence-electron chi connectivity index (χ2n) is 8.58. The maximum absolute atomic E-state index is 9.79. The van der Waals surface area contributed by atoms with Crippen LogP contribution in [0.5, 0.6) is 0 Å². The normalized spacial score (nSPS) is 14.1. The fourth-order valence-electron chi connectivity index (χ4n) is 3.70. The lowest BCUT2D eigenvalue weighted by Crippen LogP contribution is -2.46. The predicted molar refractivity (Wildman–Crippen MR) is 129 cm³/mol. The Hall–Kier alpha value is -2.82. The van der Waals surface area contributed by atoms with Crippen molar-refractivity contribution < 1.29 is 5.11 Å². The van der Waals surface area contributed by atoms with E-state index in [1.165, 1.54) is 11.5 Å². The molecule has 3 aromatic heterocycles. The van der Waals surface area contributed by atoms with E-state index < -0.39 is 0 Å². The third-order valence-electron chi connectivity index (χ3n) is 5.55. The number of hydrogen-bond donors (Lipinski definition) is 3. The molecule has 0 unspecified atom stereocenters. The summed E-state index contributed by atoms with van der Waals surface area (Å²) in [5.74, 6) is 0.700. The largest absolute Gasteiger partial charge is 0.394 e. The van der Waals surface area contributed by atoms with Gasteiger partial charge in [0.15, 0.2) is 11.5 Å². The van der Waals surface area contributed by atoms with Crippen molar-refractivity contribution in [2.24, 2.45) is 5.10 Å². The van der Waals surface area contributed by atoms with Crippen LogP contribution in [0.1, 0.15) is 50.7 Å². The molecule has 9 nitrogen and oxygen atoms in total. The van der Waals surface area contributed by atoms with Gasteiger partial charge in [0, 0.05) is 42.7 Å². The first-order chi connectivity index (χ1) is 15.4. The van der Waals surface area contributed by atoms with Gasteiger partial charge in [-0.25, -0.2) is 9.97 Å². The summed E-state index contributed by atoms with van der Waals surface area (Å²) in [7, 11) is 0. The molecule has 10 heteroatoms. The number of allylic oxidation sites excluding steroid dienone is 1. The van der Waals surface area contributed by atoms with Crippen LogP contribution in [0.15, 0.2) is 29.8 Å². The highest BCUT2D eigenvalue weighted by Gasteiger charge is 2.26. The van der Waals surface area contributed by atoms with E-state index in [-0.39, 0.29) is 12.1 Å². The minimum atomic E-state index is -0.295. The number of fused-ring (bicyclic) bond motifs is 1. The van der Waals surface area contributed by atoms with E-state index in [2.05, 4.69) is 66.3 Å². The van der Waals surface area contributed by atoms with E-state index in [1.807, 2.05) is 31.7 Å². The number of hydrogen-bond acceptors (Lipinski definition) is 9. The van der Waals surface area contributed by atoms with Gasteiger partial charge in [0.2, 0.25) is 0 Å². The van der Waals surface area contributed by atoms with Gasteiger partial charge < -0.3 is 10.4 Å². The summed E-state index contributed by atoms with van der Waals surface area (Å²) >= 11 is 1.41. The zero-order valence-electron chi connectivity index (χ0n) is 19.0. The molecular formula is C22H30N8OS. The van der Waals surface area contributed by atoms with Crippen LogP contribution in [0.25, 0.3) is 11.2 Å². The van der Waals surface area contributed by atoms with Crippen LogP contribution in [-0.2, 0) is 6.54 Å². The Labute approximate surface area is 192 Å². The molecule has 0 saturated carbocycles. The number of aryl methyl sites for hydroxylation is 1. The van der Waals surface area contributed by atoms with Gasteiger partial charge in [-0.2, -0.15) is 9.47 Å². The first kappa shape index (κ1) is 22.4. The molecule has 1 aliphatic heterocycles. The van der Waals surface area contributed by atoms with Gasteiger partial charge in [-0.3, -0.25) is 14.7 Å². The summed E-state index contributed by atoms with van der Waals surface area (Å²) in [6.07, 6.45) is 9.38. The van der Waals surface area contributed by atoms with Crippen LogP contribution in [0.2, 0.25) is 0 Å². The van der Waals surface area contributed by atoms with Gasteiger partial charge in [0.1, 0.15) is 5.00 Å². The molecule has 1 aliphatic rings. The smallest absolute Gasteiger partial charge is 0.180 e. The highest BCUT2D eigenvalue weighted by molar-refractivity contribution is 7.10. The summed E-state index contributed by atoms with van der Waals surface area (Å²) in [4.78, 5) is 11.6. The van der Waals surface area contributed by atoms with Gasteiger partial charge in [-0.15, -0.1) is 0 Å². The summed E-state index contributed by atoms with van der Waals surface area (Å²) < 4.78 is 6.69. The molecule has 0 bridgehead atoms. The van der Waals surface area contributed by atoms with E-state index in [0.29, 0.717) is 12.4 Å². The fourth-order valence-corrected chi connectivity index (χ4v) is 4.36. The number of rotatable bonds is 9. The molecule has 4 heterocycles. The molecule has 0 saturated heterocycles. The Morgan fingerprint density at radius 3 is 2.94 bits per heavy atom. The monoisotopic (exact) mass is 454 g/mol. The van der Waals surface area contributed by atoms with Gasteiger partial charge in [-0.1, -0.05) is 6.92 Å². The van der Waals surface area contributed by atoms with E-state index >= 15 is 0 Å². The van der Waals surface area contributed by atoms with Gasteiger partial charge in [0.25, 0.3) is 0 Å². The van der Waals surface area contributed by atoms with Crippen LogP contribution in [0.3, 0.4) is 0 Å². The molecular weight excluding hydrogens is 424 g/mol. The Kier molecular flexibility index (Phi) is 6.54. The van der Waals surface area contributed by atoms with E-state index in [4.69, 9.17) is 0 Å². The topological polar surface area (TPSA) is 103 Å². The van der Waals surface area contributed by atoms with Crippen LogP contribution >= 0.6 is 11.5 Å². The number of imidazole rings is 1. The molecule has 3 N–H and O–H groups in total. The Morgan fingerprint density at radius 2 is 2.22 bits per heavy atom. The first-order valence-electron chi connectivity index (χ1n) is 10.8. The molecule has 0 fully saturated rings. The number of hydrazone groups is 1. The van der Waals surface area contributed by atoms with E-state index in [0.717, 1.165) is 52.7 Å². The number of anilines is 2. The summed E-state index contributed by atoms with van der Waals surface area (Å²) in [5, 5.41) is 18.1. The van der Waals surface area contributed by atoms with Crippen LogP contribution in [-0.4, -0.2) is 53.7 Å². The second-order valence-corrected chi connectivity index (χ2v) is 9.39. The second kappa shape index (κ2) is 9.35. The average Bonchev–Trinajstić information content (AvgIpc) is 3.41. The zero-order chi connectivity index (χ0) is 22.7. The Bertz CT molecular complexity index is 1150. The van der Waals surface area contributed by atoms with Crippen LogP contribution < -0.4 is 10.7 Å². The Balaban J connectivity index is 1.57. The first-order valence-corrected chi connectivity index (χ1v) is 11.6. The minimum Gasteiger partial charge on any atom is -0.394 e. The SMILES string of the molecule is CCCN(Cc1cc(Nc2nc(C)cn3c(C4=CNN=CC4)cnc23)sn1)C(C)(C)CO. The summed E-state index contributed by atoms with van der Waals surface area (Å²) in [6.45, 7) is 9.93. The van der Waals surface area contributed by atoms with Crippen molar-refractivity contribution in [3.05, 3.63) is 41.7 Å². The molecule has 170 valence electrons. The number of nitrogens with zero attached hydrogens (tertiary/aromatic N) is 6. The van der Waals surface area contributed by atoms with Crippen molar-refractivity contribution in [2.75, 3.05) is 18.5 Å². The third kappa shape index (κ3) is 4.67. The molecule has 4 rings (SSSR count). The van der Waals surface area contributed by atoms with Crippen molar-refractivity contribution in [3.63, 3.8) is 0 Å².